The van der Waals surface area contributed by atoms with Crippen LogP contribution in [-0.4, -0.2) is 27.5 Å². The van der Waals surface area contributed by atoms with E-state index in [1.54, 1.807) is 7.05 Å². The molecule has 1 aromatic rings. The molecule has 1 aromatic carbocycles. The van der Waals surface area contributed by atoms with Crippen molar-refractivity contribution in [2.75, 3.05) is 19.1 Å². The number of rotatable bonds is 4. The molecule has 0 bridgehead atoms. The Balaban J connectivity index is 3.17. The molecule has 0 aromatic heterocycles. The molecule has 0 aliphatic rings. The maximum atomic E-state index is 11.4. The molecule has 0 fully saturated rings. The van der Waals surface area contributed by atoms with Gasteiger partial charge in [0.1, 0.15) is 9.84 Å². The van der Waals surface area contributed by atoms with Crippen LogP contribution in [0.3, 0.4) is 0 Å². The van der Waals surface area contributed by atoms with E-state index in [4.69, 9.17) is 11.6 Å². The Morgan fingerprint density at radius 1 is 1.29 bits per heavy atom. The van der Waals surface area contributed by atoms with Crippen molar-refractivity contribution in [3.63, 3.8) is 0 Å². The highest BCUT2D eigenvalue weighted by molar-refractivity contribution is 7.90. The summed E-state index contributed by atoms with van der Waals surface area (Å²) in [5, 5.41) is 3.61. The van der Waals surface area contributed by atoms with Gasteiger partial charge >= 0.3 is 0 Å². The summed E-state index contributed by atoms with van der Waals surface area (Å²) in [6.45, 7) is 3.97. The minimum Gasteiger partial charge on any atom is -0.312 e. The smallest absolute Gasteiger partial charge is 0.149 e. The first-order chi connectivity index (χ1) is 7.74. The van der Waals surface area contributed by atoms with Gasteiger partial charge < -0.3 is 5.32 Å². The molecule has 0 radical (unpaired) electrons. The van der Waals surface area contributed by atoms with Crippen molar-refractivity contribution >= 4 is 21.4 Å². The van der Waals surface area contributed by atoms with Crippen molar-refractivity contribution in [1.29, 1.82) is 0 Å². The van der Waals surface area contributed by atoms with Crippen molar-refractivity contribution in [2.24, 2.45) is 0 Å². The highest BCUT2D eigenvalue weighted by atomic mass is 35.5. The molecule has 0 saturated carbocycles. The van der Waals surface area contributed by atoms with E-state index in [9.17, 15) is 8.42 Å². The van der Waals surface area contributed by atoms with Crippen LogP contribution in [0.15, 0.2) is 12.1 Å². The van der Waals surface area contributed by atoms with E-state index < -0.39 is 9.84 Å². The molecule has 1 N–H and O–H groups in total. The van der Waals surface area contributed by atoms with Crippen molar-refractivity contribution in [3.05, 3.63) is 33.8 Å². The average Bonchev–Trinajstić information content (AvgIpc) is 2.19. The molecule has 0 amide bonds. The summed E-state index contributed by atoms with van der Waals surface area (Å²) in [4.78, 5) is 0. The van der Waals surface area contributed by atoms with Crippen LogP contribution in [0.4, 0.5) is 0 Å². The van der Waals surface area contributed by atoms with Crippen LogP contribution in [0, 0.1) is 13.8 Å². The number of nitrogens with one attached hydrogen (secondary N) is 1. The molecule has 3 nitrogen and oxygen atoms in total. The van der Waals surface area contributed by atoms with E-state index in [1.165, 1.54) is 6.26 Å². The fraction of sp³-hybridized carbons (Fsp3) is 0.500. The first kappa shape index (κ1) is 14.5. The summed E-state index contributed by atoms with van der Waals surface area (Å²) >= 11 is 6.17. The van der Waals surface area contributed by atoms with Gasteiger partial charge in [0.2, 0.25) is 0 Å². The van der Waals surface area contributed by atoms with Crippen LogP contribution in [0.5, 0.6) is 0 Å². The van der Waals surface area contributed by atoms with Gasteiger partial charge in [0, 0.05) is 17.3 Å². The summed E-state index contributed by atoms with van der Waals surface area (Å²) < 4.78 is 22.7. The van der Waals surface area contributed by atoms with Crippen molar-refractivity contribution in [2.45, 2.75) is 19.9 Å². The van der Waals surface area contributed by atoms with Gasteiger partial charge in [-0.3, -0.25) is 0 Å². The quantitative estimate of drug-likeness (QED) is 0.917. The monoisotopic (exact) mass is 275 g/mol. The Morgan fingerprint density at radius 3 is 2.29 bits per heavy atom. The molecular formula is C12H18ClNO2S. The number of aryl methyl sites for hydroxylation is 2. The lowest BCUT2D eigenvalue weighted by Gasteiger charge is -2.18. The molecule has 5 heteroatoms. The van der Waals surface area contributed by atoms with E-state index in [1.807, 2.05) is 26.0 Å². The van der Waals surface area contributed by atoms with Crippen LogP contribution in [-0.2, 0) is 9.84 Å². The lowest BCUT2D eigenvalue weighted by molar-refractivity contribution is 0.579. The summed E-state index contributed by atoms with van der Waals surface area (Å²) in [6, 6.07) is 3.56. The number of hydrogen-bond acceptors (Lipinski definition) is 3. The van der Waals surface area contributed by atoms with Crippen LogP contribution >= 0.6 is 11.6 Å². The van der Waals surface area contributed by atoms with E-state index in [0.29, 0.717) is 5.02 Å². The minimum absolute atomic E-state index is 0.0473. The first-order valence-corrected chi connectivity index (χ1v) is 7.80. The predicted octanol–water partition coefficient (Wildman–Crippen LogP) is 2.26. The van der Waals surface area contributed by atoms with Gasteiger partial charge in [-0.15, -0.1) is 0 Å². The molecule has 17 heavy (non-hydrogen) atoms. The molecular weight excluding hydrogens is 258 g/mol. The third-order valence-corrected chi connectivity index (χ3v) is 4.07. The largest absolute Gasteiger partial charge is 0.312 e. The summed E-state index contributed by atoms with van der Waals surface area (Å²) in [7, 11) is -1.31. The second kappa shape index (κ2) is 5.38. The van der Waals surface area contributed by atoms with E-state index in [2.05, 4.69) is 5.32 Å². The zero-order valence-corrected chi connectivity index (χ0v) is 12.1. The summed E-state index contributed by atoms with van der Waals surface area (Å²) in [5.41, 5.74) is 3.05. The zero-order chi connectivity index (χ0) is 13.2. The Kier molecular flexibility index (Phi) is 4.58. The van der Waals surface area contributed by atoms with Gasteiger partial charge in [0.05, 0.1) is 5.75 Å². The minimum atomic E-state index is -3.04. The lowest BCUT2D eigenvalue weighted by atomic mass is 10.0. The maximum absolute atomic E-state index is 11.4. The van der Waals surface area contributed by atoms with Crippen molar-refractivity contribution < 1.29 is 8.42 Å². The second-order valence-electron chi connectivity index (χ2n) is 4.39. The fourth-order valence-corrected chi connectivity index (χ4v) is 3.00. The standard InChI is InChI=1S/C12H18ClNO2S/c1-8-5-10(11(13)6-9(8)2)12(14-3)7-17(4,15)16/h5-6,12,14H,7H2,1-4H3. The van der Waals surface area contributed by atoms with Crippen molar-refractivity contribution in [3.8, 4) is 0 Å². The highest BCUT2D eigenvalue weighted by Crippen LogP contribution is 2.27. The third-order valence-electron chi connectivity index (χ3n) is 2.81. The average molecular weight is 276 g/mol. The SMILES string of the molecule is CNC(CS(C)(=O)=O)c1cc(C)c(C)cc1Cl. The molecule has 0 saturated heterocycles. The summed E-state index contributed by atoms with van der Waals surface area (Å²) in [6.07, 6.45) is 1.23. The molecule has 96 valence electrons. The van der Waals surface area contributed by atoms with Gasteiger partial charge in [-0.1, -0.05) is 17.7 Å². The molecule has 0 aliphatic carbocycles. The van der Waals surface area contributed by atoms with Crippen LogP contribution in [0.1, 0.15) is 22.7 Å². The highest BCUT2D eigenvalue weighted by Gasteiger charge is 2.18. The van der Waals surface area contributed by atoms with Gasteiger partial charge in [-0.2, -0.15) is 0 Å². The fourth-order valence-electron chi connectivity index (χ4n) is 1.70. The summed E-state index contributed by atoms with van der Waals surface area (Å²) in [5.74, 6) is 0.0473. The lowest BCUT2D eigenvalue weighted by Crippen LogP contribution is -2.25. The third kappa shape index (κ3) is 3.98. The van der Waals surface area contributed by atoms with Crippen LogP contribution < -0.4 is 5.32 Å². The number of sulfone groups is 1. The Morgan fingerprint density at radius 2 is 1.82 bits per heavy atom. The predicted molar refractivity (Wildman–Crippen MR) is 72.4 cm³/mol. The number of halogens is 1. The Bertz CT molecular complexity index is 511. The number of hydrogen-bond donors (Lipinski definition) is 1. The molecule has 0 aliphatic heterocycles. The first-order valence-electron chi connectivity index (χ1n) is 5.36. The van der Waals surface area contributed by atoms with Crippen LogP contribution in [0.2, 0.25) is 5.02 Å². The van der Waals surface area contributed by atoms with Gasteiger partial charge in [-0.05, 0) is 43.7 Å². The maximum Gasteiger partial charge on any atom is 0.149 e. The van der Waals surface area contributed by atoms with Gasteiger partial charge in [0.15, 0.2) is 0 Å². The molecule has 0 spiro atoms. The van der Waals surface area contributed by atoms with E-state index in [0.717, 1.165) is 16.7 Å². The topological polar surface area (TPSA) is 46.2 Å². The van der Waals surface area contributed by atoms with E-state index >= 15 is 0 Å². The normalized spacial score (nSPS) is 13.7. The second-order valence-corrected chi connectivity index (χ2v) is 6.98. The molecule has 1 unspecified atom stereocenters. The van der Waals surface area contributed by atoms with Gasteiger partial charge in [0.25, 0.3) is 0 Å². The molecule has 1 rings (SSSR count). The van der Waals surface area contributed by atoms with Crippen molar-refractivity contribution in [1.82, 2.24) is 5.32 Å². The van der Waals surface area contributed by atoms with Crippen LogP contribution in [0.25, 0.3) is 0 Å². The Labute approximate surface area is 108 Å². The van der Waals surface area contributed by atoms with Gasteiger partial charge in [-0.25, -0.2) is 8.42 Å². The zero-order valence-electron chi connectivity index (χ0n) is 10.5. The Hall–Kier alpha value is -0.580. The molecule has 1 atom stereocenters. The van der Waals surface area contributed by atoms with E-state index in [-0.39, 0.29) is 11.8 Å². The molecule has 0 heterocycles. The number of benzene rings is 1.